The molecule has 3 heterocycles. The predicted molar refractivity (Wildman–Crippen MR) is 135 cm³/mol. The summed E-state index contributed by atoms with van der Waals surface area (Å²) < 4.78 is 7.26. The molecule has 5 rings (SSSR count). The van der Waals surface area contributed by atoms with E-state index in [1.165, 1.54) is 16.8 Å². The van der Waals surface area contributed by atoms with Gasteiger partial charge in [-0.2, -0.15) is 0 Å². The molecule has 0 aliphatic carbocycles. The second-order valence-electron chi connectivity index (χ2n) is 8.39. The lowest BCUT2D eigenvalue weighted by Gasteiger charge is -2.32. The Morgan fingerprint density at radius 2 is 1.86 bits per heavy atom. The fraction of sp³-hybridized carbons (Fsp3) is 0.185. The molecule has 1 unspecified atom stereocenters. The van der Waals surface area contributed by atoms with Gasteiger partial charge in [-0.05, 0) is 48.7 Å². The van der Waals surface area contributed by atoms with Gasteiger partial charge in [0, 0.05) is 31.4 Å². The summed E-state index contributed by atoms with van der Waals surface area (Å²) in [6.07, 6.45) is 6.24. The van der Waals surface area contributed by atoms with Gasteiger partial charge < -0.3 is 15.0 Å². The lowest BCUT2D eigenvalue weighted by atomic mass is 10.1. The van der Waals surface area contributed by atoms with Crippen molar-refractivity contribution in [1.82, 2.24) is 19.3 Å². The summed E-state index contributed by atoms with van der Waals surface area (Å²) in [5.74, 6) is 1.98. The van der Waals surface area contributed by atoms with Crippen LogP contribution in [0, 0.1) is 0 Å². The van der Waals surface area contributed by atoms with Gasteiger partial charge in [0.2, 0.25) is 5.91 Å². The quantitative estimate of drug-likeness (QED) is 0.429. The maximum atomic E-state index is 13.1. The number of benzene rings is 2. The predicted octanol–water partition coefficient (Wildman–Crippen LogP) is 4.14. The number of aromatic nitrogens is 3. The van der Waals surface area contributed by atoms with Crippen molar-refractivity contribution in [3.63, 3.8) is 0 Å². The molecule has 2 aromatic heterocycles. The summed E-state index contributed by atoms with van der Waals surface area (Å²) in [4.78, 5) is 35.8. The van der Waals surface area contributed by atoms with Crippen LogP contribution < -0.4 is 15.6 Å². The molecule has 4 aromatic rings. The summed E-state index contributed by atoms with van der Waals surface area (Å²) >= 11 is 0. The third-order valence-corrected chi connectivity index (χ3v) is 6.00. The molecular weight excluding hydrogens is 442 g/mol. The number of fused-ring (bicyclic) bond motifs is 1. The fourth-order valence-electron chi connectivity index (χ4n) is 4.22. The van der Waals surface area contributed by atoms with Gasteiger partial charge in [0.05, 0.1) is 5.56 Å². The summed E-state index contributed by atoms with van der Waals surface area (Å²) in [5.41, 5.74) is 1.51. The number of amides is 1. The first kappa shape index (κ1) is 22.3. The number of likely N-dealkylation sites (tertiary alicyclic amines) is 1. The normalized spacial score (nSPS) is 15.5. The number of rotatable bonds is 6. The van der Waals surface area contributed by atoms with E-state index in [4.69, 9.17) is 4.74 Å². The largest absolute Gasteiger partial charge is 0.457 e. The first-order chi connectivity index (χ1) is 17.1. The maximum Gasteiger partial charge on any atom is 0.266 e. The lowest BCUT2D eigenvalue weighted by molar-refractivity contribution is -0.127. The molecule has 8 heteroatoms. The molecule has 2 aromatic carbocycles. The summed E-state index contributed by atoms with van der Waals surface area (Å²) in [5, 5.41) is 3.37. The number of hydrogen-bond acceptors (Lipinski definition) is 6. The van der Waals surface area contributed by atoms with E-state index in [0.29, 0.717) is 29.3 Å². The third kappa shape index (κ3) is 4.91. The van der Waals surface area contributed by atoms with E-state index >= 15 is 0 Å². The van der Waals surface area contributed by atoms with Crippen molar-refractivity contribution in [3.05, 3.63) is 96.2 Å². The SMILES string of the molecule is C=CC(=O)N1CCCC(Nc2cc3ncc(-c4ccc(Oc5ccccc5)cc4)c(=O)n3cn2)C1. The number of carbonyl (C=O) groups is 1. The van der Waals surface area contributed by atoms with E-state index in [2.05, 4.69) is 21.9 Å². The maximum absolute atomic E-state index is 13.1. The van der Waals surface area contributed by atoms with Crippen LogP contribution in [0.2, 0.25) is 0 Å². The number of anilines is 1. The van der Waals surface area contributed by atoms with Crippen molar-refractivity contribution in [3.8, 4) is 22.6 Å². The highest BCUT2D eigenvalue weighted by Crippen LogP contribution is 2.24. The third-order valence-electron chi connectivity index (χ3n) is 6.00. The average molecular weight is 468 g/mol. The standard InChI is InChI=1S/C27H25N5O3/c1-2-26(33)31-14-6-7-20(17-31)30-24-15-25-28-16-23(27(34)32(25)18-29-24)19-10-12-22(13-11-19)35-21-8-4-3-5-9-21/h2-5,8-13,15-16,18,20,30H,1,6-7,14,17H2. The molecule has 176 valence electrons. The van der Waals surface area contributed by atoms with Crippen LogP contribution in [0.15, 0.2) is 90.6 Å². The second kappa shape index (κ2) is 9.80. The Labute approximate surface area is 202 Å². The van der Waals surface area contributed by atoms with Crippen LogP contribution in [0.25, 0.3) is 16.8 Å². The van der Waals surface area contributed by atoms with Gasteiger partial charge in [0.1, 0.15) is 29.3 Å². The first-order valence-corrected chi connectivity index (χ1v) is 11.5. The highest BCUT2D eigenvalue weighted by Gasteiger charge is 2.22. The van der Waals surface area contributed by atoms with Crippen LogP contribution in [0.4, 0.5) is 5.82 Å². The Hall–Kier alpha value is -4.46. The molecular formula is C27H25N5O3. The number of carbonyl (C=O) groups excluding carboxylic acids is 1. The molecule has 1 atom stereocenters. The molecule has 0 radical (unpaired) electrons. The Balaban J connectivity index is 1.33. The van der Waals surface area contributed by atoms with Gasteiger partial charge in [-0.1, -0.05) is 36.9 Å². The zero-order valence-electron chi connectivity index (χ0n) is 19.1. The van der Waals surface area contributed by atoms with E-state index in [0.717, 1.165) is 30.7 Å². The Kier molecular flexibility index (Phi) is 6.26. The van der Waals surface area contributed by atoms with Crippen molar-refractivity contribution in [2.45, 2.75) is 18.9 Å². The first-order valence-electron chi connectivity index (χ1n) is 11.5. The summed E-state index contributed by atoms with van der Waals surface area (Å²) in [6, 6.07) is 18.7. The monoisotopic (exact) mass is 467 g/mol. The highest BCUT2D eigenvalue weighted by atomic mass is 16.5. The smallest absolute Gasteiger partial charge is 0.266 e. The zero-order valence-corrected chi connectivity index (χ0v) is 19.1. The van der Waals surface area contributed by atoms with Crippen molar-refractivity contribution >= 4 is 17.4 Å². The topological polar surface area (TPSA) is 88.8 Å². The molecule has 0 bridgehead atoms. The minimum absolute atomic E-state index is 0.0663. The Morgan fingerprint density at radius 3 is 2.63 bits per heavy atom. The molecule has 1 aliphatic heterocycles. The number of para-hydroxylation sites is 1. The van der Waals surface area contributed by atoms with Crippen LogP contribution in [-0.4, -0.2) is 44.3 Å². The molecule has 0 spiro atoms. The molecule has 1 N–H and O–H groups in total. The Bertz CT molecular complexity index is 1420. The zero-order chi connectivity index (χ0) is 24.2. The fourth-order valence-corrected chi connectivity index (χ4v) is 4.22. The van der Waals surface area contributed by atoms with E-state index in [-0.39, 0.29) is 17.5 Å². The highest BCUT2D eigenvalue weighted by molar-refractivity contribution is 5.87. The molecule has 1 amide bonds. The van der Waals surface area contributed by atoms with Gasteiger partial charge in [-0.25, -0.2) is 9.97 Å². The number of ether oxygens (including phenoxy) is 1. The van der Waals surface area contributed by atoms with Gasteiger partial charge in [-0.15, -0.1) is 0 Å². The molecule has 1 aliphatic rings. The van der Waals surface area contributed by atoms with Crippen LogP contribution in [0.1, 0.15) is 12.8 Å². The molecule has 0 saturated carbocycles. The summed E-state index contributed by atoms with van der Waals surface area (Å²) in [7, 11) is 0. The van der Waals surface area contributed by atoms with Crippen molar-refractivity contribution in [2.75, 3.05) is 18.4 Å². The van der Waals surface area contributed by atoms with Crippen LogP contribution in [-0.2, 0) is 4.79 Å². The van der Waals surface area contributed by atoms with Gasteiger partial charge >= 0.3 is 0 Å². The van der Waals surface area contributed by atoms with Gasteiger partial charge in [0.25, 0.3) is 5.56 Å². The van der Waals surface area contributed by atoms with Gasteiger partial charge in [0.15, 0.2) is 0 Å². The summed E-state index contributed by atoms with van der Waals surface area (Å²) in [6.45, 7) is 4.88. The van der Waals surface area contributed by atoms with Crippen LogP contribution >= 0.6 is 0 Å². The number of hydrogen-bond donors (Lipinski definition) is 1. The number of piperidine rings is 1. The number of nitrogens with one attached hydrogen (secondary N) is 1. The van der Waals surface area contributed by atoms with E-state index < -0.39 is 0 Å². The number of nitrogens with zero attached hydrogens (tertiary/aromatic N) is 4. The van der Waals surface area contributed by atoms with Crippen LogP contribution in [0.3, 0.4) is 0 Å². The molecule has 35 heavy (non-hydrogen) atoms. The van der Waals surface area contributed by atoms with Crippen LogP contribution in [0.5, 0.6) is 11.5 Å². The van der Waals surface area contributed by atoms with Crippen molar-refractivity contribution < 1.29 is 9.53 Å². The minimum atomic E-state index is -0.203. The lowest BCUT2D eigenvalue weighted by Crippen LogP contribution is -2.44. The van der Waals surface area contributed by atoms with E-state index in [1.54, 1.807) is 17.2 Å². The second-order valence-corrected chi connectivity index (χ2v) is 8.39. The average Bonchev–Trinajstić information content (AvgIpc) is 2.90. The molecule has 1 fully saturated rings. The molecule has 8 nitrogen and oxygen atoms in total. The van der Waals surface area contributed by atoms with E-state index in [9.17, 15) is 9.59 Å². The van der Waals surface area contributed by atoms with Crippen molar-refractivity contribution in [1.29, 1.82) is 0 Å². The van der Waals surface area contributed by atoms with Crippen molar-refractivity contribution in [2.24, 2.45) is 0 Å². The van der Waals surface area contributed by atoms with E-state index in [1.807, 2.05) is 54.6 Å². The molecule has 1 saturated heterocycles. The Morgan fingerprint density at radius 1 is 1.09 bits per heavy atom. The minimum Gasteiger partial charge on any atom is -0.457 e. The van der Waals surface area contributed by atoms with Gasteiger partial charge in [-0.3, -0.25) is 14.0 Å².